The van der Waals surface area contributed by atoms with Gasteiger partial charge in [-0.1, -0.05) is 6.07 Å². The lowest BCUT2D eigenvalue weighted by Gasteiger charge is -2.04. The highest BCUT2D eigenvalue weighted by molar-refractivity contribution is 6.01. The molecule has 1 aromatic heterocycles. The van der Waals surface area contributed by atoms with Gasteiger partial charge in [0.1, 0.15) is 17.5 Å². The van der Waals surface area contributed by atoms with Crippen LogP contribution in [0.4, 0.5) is 14.6 Å². The monoisotopic (exact) mass is 251 g/mol. The lowest BCUT2D eigenvalue weighted by Crippen LogP contribution is -2.09. The quantitative estimate of drug-likeness (QED) is 0.845. The van der Waals surface area contributed by atoms with Crippen LogP contribution < -0.4 is 5.73 Å². The summed E-state index contributed by atoms with van der Waals surface area (Å²) in [5.41, 5.74) is 5.53. The second-order valence-electron chi connectivity index (χ2n) is 3.87. The van der Waals surface area contributed by atoms with Crippen molar-refractivity contribution in [3.63, 3.8) is 0 Å². The molecule has 2 rings (SSSR count). The van der Waals surface area contributed by atoms with Crippen LogP contribution in [-0.2, 0) is 13.5 Å². The van der Waals surface area contributed by atoms with Crippen molar-refractivity contribution in [1.82, 2.24) is 9.78 Å². The molecule has 0 saturated carbocycles. The van der Waals surface area contributed by atoms with Crippen LogP contribution in [0.5, 0.6) is 0 Å². The van der Waals surface area contributed by atoms with E-state index in [1.54, 1.807) is 7.05 Å². The minimum atomic E-state index is -0.745. The number of hydrogen-bond donors (Lipinski definition) is 1. The number of nitrogens with zero attached hydrogens (tertiary/aromatic N) is 2. The van der Waals surface area contributed by atoms with Crippen LogP contribution in [0.25, 0.3) is 0 Å². The van der Waals surface area contributed by atoms with Crippen LogP contribution in [-0.4, -0.2) is 15.6 Å². The van der Waals surface area contributed by atoms with Crippen molar-refractivity contribution >= 4 is 11.6 Å². The molecule has 6 heteroatoms. The molecule has 4 nitrogen and oxygen atoms in total. The van der Waals surface area contributed by atoms with E-state index in [0.717, 1.165) is 12.1 Å². The number of benzene rings is 1. The summed E-state index contributed by atoms with van der Waals surface area (Å²) in [4.78, 5) is 11.9. The van der Waals surface area contributed by atoms with Crippen LogP contribution in [0.3, 0.4) is 0 Å². The number of aryl methyl sites for hydroxylation is 1. The van der Waals surface area contributed by atoms with Gasteiger partial charge in [-0.3, -0.25) is 9.48 Å². The minimum Gasteiger partial charge on any atom is -0.383 e. The maximum absolute atomic E-state index is 13.4. The normalized spacial score (nSPS) is 10.6. The van der Waals surface area contributed by atoms with Crippen LogP contribution in [0.1, 0.15) is 15.9 Å². The molecular weight excluding hydrogens is 240 g/mol. The van der Waals surface area contributed by atoms with Gasteiger partial charge >= 0.3 is 0 Å². The predicted molar refractivity (Wildman–Crippen MR) is 62.0 cm³/mol. The number of halogens is 2. The molecule has 0 bridgehead atoms. The van der Waals surface area contributed by atoms with Crippen LogP contribution in [0.15, 0.2) is 24.4 Å². The van der Waals surface area contributed by atoms with Gasteiger partial charge in [0.15, 0.2) is 5.78 Å². The summed E-state index contributed by atoms with van der Waals surface area (Å²) in [5.74, 6) is -1.78. The van der Waals surface area contributed by atoms with E-state index in [4.69, 9.17) is 5.73 Å². The van der Waals surface area contributed by atoms with Gasteiger partial charge in [-0.15, -0.1) is 0 Å². The molecule has 0 radical (unpaired) electrons. The Morgan fingerprint density at radius 1 is 1.39 bits per heavy atom. The van der Waals surface area contributed by atoms with Crippen molar-refractivity contribution in [2.24, 2.45) is 7.05 Å². The highest BCUT2D eigenvalue weighted by Gasteiger charge is 2.18. The zero-order valence-electron chi connectivity index (χ0n) is 9.65. The Morgan fingerprint density at radius 2 is 2.00 bits per heavy atom. The average molecular weight is 251 g/mol. The molecule has 0 unspecified atom stereocenters. The van der Waals surface area contributed by atoms with Gasteiger partial charge in [0.05, 0.1) is 11.8 Å². The summed E-state index contributed by atoms with van der Waals surface area (Å²) in [6.07, 6.45) is 0.908. The molecule has 2 aromatic rings. The predicted octanol–water partition coefficient (Wildman–Crippen LogP) is 1.71. The standard InChI is InChI=1S/C12H11F2N3O/c1-17-12(15)8(6-16-17)11(18)5-7-9(13)3-2-4-10(7)14/h2-4,6H,5,15H2,1H3. The molecule has 0 aliphatic carbocycles. The van der Waals surface area contributed by atoms with Crippen molar-refractivity contribution in [3.8, 4) is 0 Å². The molecule has 0 atom stereocenters. The van der Waals surface area contributed by atoms with E-state index < -0.39 is 17.4 Å². The topological polar surface area (TPSA) is 60.9 Å². The van der Waals surface area contributed by atoms with E-state index in [1.807, 2.05) is 0 Å². The van der Waals surface area contributed by atoms with Crippen LogP contribution in [0.2, 0.25) is 0 Å². The summed E-state index contributed by atoms with van der Waals surface area (Å²) in [5, 5.41) is 3.81. The van der Waals surface area contributed by atoms with E-state index in [-0.39, 0.29) is 23.4 Å². The molecule has 1 aromatic carbocycles. The molecular formula is C12H11F2N3O. The zero-order chi connectivity index (χ0) is 13.3. The number of hydrogen-bond acceptors (Lipinski definition) is 3. The molecule has 0 spiro atoms. The maximum Gasteiger partial charge on any atom is 0.172 e. The second-order valence-corrected chi connectivity index (χ2v) is 3.87. The Bertz CT molecular complexity index is 587. The van der Waals surface area contributed by atoms with Crippen molar-refractivity contribution < 1.29 is 13.6 Å². The Morgan fingerprint density at radius 3 is 2.50 bits per heavy atom. The van der Waals surface area contributed by atoms with Gasteiger partial charge in [0.2, 0.25) is 0 Å². The number of Topliss-reactive ketones (excluding diaryl/α,β-unsaturated/α-hetero) is 1. The van der Waals surface area contributed by atoms with Gasteiger partial charge in [-0.2, -0.15) is 5.10 Å². The molecule has 1 heterocycles. The van der Waals surface area contributed by atoms with E-state index in [0.29, 0.717) is 0 Å². The summed E-state index contributed by atoms with van der Waals surface area (Å²) in [6, 6.07) is 3.47. The number of carbonyl (C=O) groups is 1. The number of nitrogens with two attached hydrogens (primary N) is 1. The Balaban J connectivity index is 2.30. The number of anilines is 1. The zero-order valence-corrected chi connectivity index (χ0v) is 9.65. The van der Waals surface area contributed by atoms with Gasteiger partial charge < -0.3 is 5.73 Å². The van der Waals surface area contributed by atoms with Crippen LogP contribution >= 0.6 is 0 Å². The van der Waals surface area contributed by atoms with Gasteiger partial charge in [-0.25, -0.2) is 8.78 Å². The molecule has 94 valence electrons. The maximum atomic E-state index is 13.4. The lowest BCUT2D eigenvalue weighted by molar-refractivity contribution is 0.0991. The highest BCUT2D eigenvalue weighted by atomic mass is 19.1. The van der Waals surface area contributed by atoms with Crippen molar-refractivity contribution in [1.29, 1.82) is 0 Å². The molecule has 0 fully saturated rings. The molecule has 0 aliphatic heterocycles. The minimum absolute atomic E-state index is 0.167. The fraction of sp³-hybridized carbons (Fsp3) is 0.167. The van der Waals surface area contributed by atoms with Gasteiger partial charge in [-0.05, 0) is 12.1 Å². The van der Waals surface area contributed by atoms with E-state index in [1.165, 1.54) is 16.9 Å². The summed E-state index contributed by atoms with van der Waals surface area (Å²) in [7, 11) is 1.58. The lowest BCUT2D eigenvalue weighted by atomic mass is 10.0. The first kappa shape index (κ1) is 12.2. The van der Waals surface area contributed by atoms with E-state index >= 15 is 0 Å². The summed E-state index contributed by atoms with van der Waals surface area (Å²) < 4.78 is 28.1. The van der Waals surface area contributed by atoms with Crippen LogP contribution in [0, 0.1) is 11.6 Å². The van der Waals surface area contributed by atoms with E-state index in [9.17, 15) is 13.6 Å². The van der Waals surface area contributed by atoms with Crippen molar-refractivity contribution in [3.05, 3.63) is 47.2 Å². The fourth-order valence-corrected chi connectivity index (χ4v) is 1.62. The number of ketones is 1. The smallest absolute Gasteiger partial charge is 0.172 e. The molecule has 2 N–H and O–H groups in total. The third kappa shape index (κ3) is 2.09. The van der Waals surface area contributed by atoms with E-state index in [2.05, 4.69) is 5.10 Å². The van der Waals surface area contributed by atoms with Gasteiger partial charge in [0, 0.05) is 19.0 Å². The summed E-state index contributed by atoms with van der Waals surface area (Å²) in [6.45, 7) is 0. The largest absolute Gasteiger partial charge is 0.383 e. The third-order valence-electron chi connectivity index (χ3n) is 2.68. The fourth-order valence-electron chi connectivity index (χ4n) is 1.62. The number of carbonyl (C=O) groups excluding carboxylic acids is 1. The first-order valence-corrected chi connectivity index (χ1v) is 5.24. The molecule has 0 saturated heterocycles. The average Bonchev–Trinajstić information content (AvgIpc) is 2.65. The van der Waals surface area contributed by atoms with Gasteiger partial charge in [0.25, 0.3) is 0 Å². The first-order chi connectivity index (χ1) is 8.50. The third-order valence-corrected chi connectivity index (χ3v) is 2.68. The molecule has 0 aliphatic rings. The first-order valence-electron chi connectivity index (χ1n) is 5.24. The Labute approximate surface area is 102 Å². The molecule has 0 amide bonds. The van der Waals surface area contributed by atoms with Crippen molar-refractivity contribution in [2.75, 3.05) is 5.73 Å². The second kappa shape index (κ2) is 4.56. The number of aromatic nitrogens is 2. The SMILES string of the molecule is Cn1ncc(C(=O)Cc2c(F)cccc2F)c1N. The summed E-state index contributed by atoms with van der Waals surface area (Å²) >= 11 is 0. The Hall–Kier alpha value is -2.24. The number of nitrogen functional groups attached to an aromatic ring is 1. The highest BCUT2D eigenvalue weighted by Crippen LogP contribution is 2.17. The number of rotatable bonds is 3. The Kier molecular flexibility index (Phi) is 3.10. The van der Waals surface area contributed by atoms with Crippen molar-refractivity contribution in [2.45, 2.75) is 6.42 Å². The molecule has 18 heavy (non-hydrogen) atoms.